The van der Waals surface area contributed by atoms with Gasteiger partial charge in [-0.2, -0.15) is 0 Å². The van der Waals surface area contributed by atoms with Crippen molar-refractivity contribution in [1.82, 2.24) is 5.32 Å². The maximum atomic E-state index is 11.3. The number of nitrogens with two attached hydrogens (primary N) is 1. The molecule has 0 aromatic heterocycles. The van der Waals surface area contributed by atoms with Crippen molar-refractivity contribution in [1.29, 1.82) is 0 Å². The van der Waals surface area contributed by atoms with Gasteiger partial charge in [-0.1, -0.05) is 12.1 Å². The summed E-state index contributed by atoms with van der Waals surface area (Å²) in [5, 5.41) is 13.3. The van der Waals surface area contributed by atoms with Crippen molar-refractivity contribution in [3.05, 3.63) is 29.8 Å². The van der Waals surface area contributed by atoms with E-state index in [9.17, 15) is 14.4 Å². The van der Waals surface area contributed by atoms with Crippen LogP contribution in [0.3, 0.4) is 0 Å². The molecule has 3 amide bonds. The normalized spacial score (nSPS) is 9.68. The van der Waals surface area contributed by atoms with Gasteiger partial charge in [0.1, 0.15) is 0 Å². The fourth-order valence-electron chi connectivity index (χ4n) is 1.35. The van der Waals surface area contributed by atoms with Crippen LogP contribution in [0.5, 0.6) is 0 Å². The van der Waals surface area contributed by atoms with Crippen molar-refractivity contribution in [2.45, 2.75) is 12.8 Å². The summed E-state index contributed by atoms with van der Waals surface area (Å²) in [5.74, 6) is -1.48. The van der Waals surface area contributed by atoms with Gasteiger partial charge in [-0.05, 0) is 24.1 Å². The molecule has 1 rings (SSSR count). The predicted molar refractivity (Wildman–Crippen MR) is 68.6 cm³/mol. The zero-order valence-electron chi connectivity index (χ0n) is 10.2. The number of amides is 3. The van der Waals surface area contributed by atoms with Gasteiger partial charge in [0.25, 0.3) is 0 Å². The predicted octanol–water partition coefficient (Wildman–Crippen LogP) is 0.311. The summed E-state index contributed by atoms with van der Waals surface area (Å²) < 4.78 is 0. The molecule has 0 aliphatic heterocycles. The number of rotatable bonds is 6. The Morgan fingerprint density at radius 1 is 1.16 bits per heavy atom. The van der Waals surface area contributed by atoms with E-state index < -0.39 is 17.9 Å². The van der Waals surface area contributed by atoms with Crippen LogP contribution < -0.4 is 16.4 Å². The topological polar surface area (TPSA) is 122 Å². The number of hydrogen-bond donors (Lipinski definition) is 4. The van der Waals surface area contributed by atoms with Crippen LogP contribution in [-0.4, -0.2) is 29.6 Å². The molecule has 0 saturated heterocycles. The van der Waals surface area contributed by atoms with Gasteiger partial charge in [-0.15, -0.1) is 0 Å². The molecule has 0 radical (unpaired) electrons. The Labute approximate surface area is 109 Å². The lowest BCUT2D eigenvalue weighted by Crippen LogP contribution is -2.36. The Hall–Kier alpha value is -2.57. The van der Waals surface area contributed by atoms with E-state index in [-0.39, 0.29) is 13.0 Å². The standard InChI is InChI=1S/C12H15N3O4/c13-10(16)7-14-12(19)15-9-4-1-8(2-5-9)3-6-11(17)18/h1-2,4-5H,3,6-7H2,(H2,13,16)(H,17,18)(H2,14,15,19). The molecular formula is C12H15N3O4. The van der Waals surface area contributed by atoms with Gasteiger partial charge in [0.05, 0.1) is 6.54 Å². The first-order valence-corrected chi connectivity index (χ1v) is 5.61. The number of benzene rings is 1. The van der Waals surface area contributed by atoms with E-state index >= 15 is 0 Å². The lowest BCUT2D eigenvalue weighted by atomic mass is 10.1. The Kier molecular flexibility index (Phi) is 5.34. The molecule has 0 heterocycles. The second-order valence-electron chi connectivity index (χ2n) is 3.86. The first-order chi connectivity index (χ1) is 8.97. The lowest BCUT2D eigenvalue weighted by Gasteiger charge is -2.07. The summed E-state index contributed by atoms with van der Waals surface area (Å²) in [4.78, 5) is 32.2. The van der Waals surface area contributed by atoms with E-state index in [1.165, 1.54) is 0 Å². The van der Waals surface area contributed by atoms with Gasteiger partial charge in [0.2, 0.25) is 5.91 Å². The Morgan fingerprint density at radius 3 is 2.32 bits per heavy atom. The molecule has 1 aromatic rings. The fraction of sp³-hybridized carbons (Fsp3) is 0.250. The van der Waals surface area contributed by atoms with E-state index in [1.54, 1.807) is 24.3 Å². The average Bonchev–Trinajstić information content (AvgIpc) is 2.35. The summed E-state index contributed by atoms with van der Waals surface area (Å²) in [6.45, 7) is -0.234. The molecule has 0 fully saturated rings. The number of aliphatic carboxylic acids is 1. The third-order valence-corrected chi connectivity index (χ3v) is 2.26. The largest absolute Gasteiger partial charge is 0.481 e. The van der Waals surface area contributed by atoms with Crippen molar-refractivity contribution in [2.24, 2.45) is 5.73 Å². The van der Waals surface area contributed by atoms with E-state index in [0.29, 0.717) is 12.1 Å². The molecule has 7 nitrogen and oxygen atoms in total. The van der Waals surface area contributed by atoms with Crippen LogP contribution >= 0.6 is 0 Å². The Balaban J connectivity index is 2.45. The molecule has 0 unspecified atom stereocenters. The maximum absolute atomic E-state index is 11.3. The van der Waals surface area contributed by atoms with Gasteiger partial charge >= 0.3 is 12.0 Å². The summed E-state index contributed by atoms with van der Waals surface area (Å²) in [6.07, 6.45) is 0.495. The summed E-state index contributed by atoms with van der Waals surface area (Å²) >= 11 is 0. The molecule has 0 bridgehead atoms. The van der Waals surface area contributed by atoms with Crippen LogP contribution in [-0.2, 0) is 16.0 Å². The molecule has 1 aromatic carbocycles. The molecule has 0 atom stereocenters. The summed E-state index contributed by atoms with van der Waals surface area (Å²) in [5.41, 5.74) is 6.29. The van der Waals surface area contributed by atoms with Crippen molar-refractivity contribution in [2.75, 3.05) is 11.9 Å². The lowest BCUT2D eigenvalue weighted by molar-refractivity contribution is -0.137. The van der Waals surface area contributed by atoms with Crippen LogP contribution in [0.4, 0.5) is 10.5 Å². The van der Waals surface area contributed by atoms with Gasteiger partial charge in [-0.25, -0.2) is 4.79 Å². The number of carboxylic acid groups (broad SMARTS) is 1. The van der Waals surface area contributed by atoms with E-state index in [2.05, 4.69) is 10.6 Å². The molecule has 102 valence electrons. The van der Waals surface area contributed by atoms with E-state index in [4.69, 9.17) is 10.8 Å². The van der Waals surface area contributed by atoms with Crippen LogP contribution in [0.2, 0.25) is 0 Å². The highest BCUT2D eigenvalue weighted by Crippen LogP contribution is 2.10. The fourth-order valence-corrected chi connectivity index (χ4v) is 1.35. The SMILES string of the molecule is NC(=O)CNC(=O)Nc1ccc(CCC(=O)O)cc1. The second kappa shape index (κ2) is 7.00. The van der Waals surface area contributed by atoms with Gasteiger partial charge in [0.15, 0.2) is 0 Å². The number of carbonyl (C=O) groups is 3. The first-order valence-electron chi connectivity index (χ1n) is 5.61. The highest BCUT2D eigenvalue weighted by molar-refractivity contribution is 5.91. The minimum Gasteiger partial charge on any atom is -0.481 e. The molecular weight excluding hydrogens is 250 g/mol. The van der Waals surface area contributed by atoms with Crippen molar-refractivity contribution in [3.63, 3.8) is 0 Å². The summed E-state index contributed by atoms with van der Waals surface area (Å²) in [7, 11) is 0. The van der Waals surface area contributed by atoms with Crippen LogP contribution in [0.1, 0.15) is 12.0 Å². The monoisotopic (exact) mass is 265 g/mol. The number of hydrogen-bond acceptors (Lipinski definition) is 3. The highest BCUT2D eigenvalue weighted by Gasteiger charge is 2.03. The highest BCUT2D eigenvalue weighted by atomic mass is 16.4. The van der Waals surface area contributed by atoms with Gasteiger partial charge < -0.3 is 21.5 Å². The zero-order chi connectivity index (χ0) is 14.3. The molecule has 0 aliphatic rings. The van der Waals surface area contributed by atoms with Crippen molar-refractivity contribution < 1.29 is 19.5 Å². The number of nitrogens with one attached hydrogen (secondary N) is 2. The smallest absolute Gasteiger partial charge is 0.319 e. The number of anilines is 1. The molecule has 0 spiro atoms. The maximum Gasteiger partial charge on any atom is 0.319 e. The third-order valence-electron chi connectivity index (χ3n) is 2.26. The van der Waals surface area contributed by atoms with Crippen LogP contribution in [0, 0.1) is 0 Å². The summed E-state index contributed by atoms with van der Waals surface area (Å²) in [6, 6.07) is 6.23. The minimum absolute atomic E-state index is 0.0614. The number of primary amides is 1. The first kappa shape index (κ1) is 14.5. The molecule has 7 heteroatoms. The molecule has 19 heavy (non-hydrogen) atoms. The second-order valence-corrected chi connectivity index (χ2v) is 3.86. The van der Waals surface area contributed by atoms with Gasteiger partial charge in [-0.3, -0.25) is 9.59 Å². The minimum atomic E-state index is -0.854. The van der Waals surface area contributed by atoms with E-state index in [1.807, 2.05) is 0 Å². The van der Waals surface area contributed by atoms with Crippen LogP contribution in [0.25, 0.3) is 0 Å². The molecule has 5 N–H and O–H groups in total. The Morgan fingerprint density at radius 2 is 1.79 bits per heavy atom. The van der Waals surface area contributed by atoms with Crippen molar-refractivity contribution in [3.8, 4) is 0 Å². The quantitative estimate of drug-likeness (QED) is 0.591. The number of carboxylic acids is 1. The molecule has 0 aliphatic carbocycles. The van der Waals surface area contributed by atoms with Crippen LogP contribution in [0.15, 0.2) is 24.3 Å². The molecule has 0 saturated carbocycles. The number of aryl methyl sites for hydroxylation is 1. The zero-order valence-corrected chi connectivity index (χ0v) is 10.2. The Bertz CT molecular complexity index is 470. The van der Waals surface area contributed by atoms with Gasteiger partial charge in [0, 0.05) is 12.1 Å². The number of carbonyl (C=O) groups excluding carboxylic acids is 2. The average molecular weight is 265 g/mol. The van der Waals surface area contributed by atoms with Crippen molar-refractivity contribution >= 4 is 23.6 Å². The van der Waals surface area contributed by atoms with E-state index in [0.717, 1.165) is 5.56 Å². The number of urea groups is 1. The third kappa shape index (κ3) is 6.06.